The fourth-order valence-electron chi connectivity index (χ4n) is 2.77. The summed E-state index contributed by atoms with van der Waals surface area (Å²) < 4.78 is 26.7. The van der Waals surface area contributed by atoms with E-state index in [-0.39, 0.29) is 29.8 Å². The Labute approximate surface area is 154 Å². The van der Waals surface area contributed by atoms with Gasteiger partial charge in [0.1, 0.15) is 0 Å². The molecule has 1 aliphatic heterocycles. The minimum absolute atomic E-state index is 0.0611. The third kappa shape index (κ3) is 5.26. The predicted molar refractivity (Wildman–Crippen MR) is 98.4 cm³/mol. The molecule has 8 nitrogen and oxygen atoms in total. The zero-order valence-electron chi connectivity index (χ0n) is 15.5. The Balaban J connectivity index is 1.99. The molecule has 1 saturated heterocycles. The van der Waals surface area contributed by atoms with Crippen LogP contribution >= 0.6 is 0 Å². The van der Waals surface area contributed by atoms with Gasteiger partial charge in [0.15, 0.2) is 13.1 Å². The summed E-state index contributed by atoms with van der Waals surface area (Å²) in [6.07, 6.45) is 1.74. The van der Waals surface area contributed by atoms with Gasteiger partial charge in [0.25, 0.3) is 11.8 Å². The van der Waals surface area contributed by atoms with Gasteiger partial charge in [0, 0.05) is 32.9 Å². The van der Waals surface area contributed by atoms with E-state index in [1.807, 2.05) is 0 Å². The lowest BCUT2D eigenvalue weighted by atomic mass is 10.3. The van der Waals surface area contributed by atoms with Crippen LogP contribution in [0.3, 0.4) is 0 Å². The van der Waals surface area contributed by atoms with Gasteiger partial charge in [-0.3, -0.25) is 9.59 Å². The molecular weight excluding hydrogens is 356 g/mol. The van der Waals surface area contributed by atoms with E-state index in [9.17, 15) is 18.0 Å². The second-order valence-corrected chi connectivity index (χ2v) is 8.72. The van der Waals surface area contributed by atoms with Gasteiger partial charge in [0.2, 0.25) is 10.0 Å². The third-order valence-electron chi connectivity index (χ3n) is 4.23. The molecule has 144 valence electrons. The first-order valence-corrected chi connectivity index (χ1v) is 10.1. The smallest absolute Gasteiger partial charge is 0.279 e. The van der Waals surface area contributed by atoms with Crippen molar-refractivity contribution in [2.45, 2.75) is 17.7 Å². The number of benzene rings is 1. The highest BCUT2D eigenvalue weighted by molar-refractivity contribution is 7.89. The Hall–Kier alpha value is -1.97. The summed E-state index contributed by atoms with van der Waals surface area (Å²) >= 11 is 0. The summed E-state index contributed by atoms with van der Waals surface area (Å²) in [6.45, 7) is 1.40. The van der Waals surface area contributed by atoms with Crippen molar-refractivity contribution in [1.29, 1.82) is 0 Å². The first kappa shape index (κ1) is 20.3. The summed E-state index contributed by atoms with van der Waals surface area (Å²) in [4.78, 5) is 26.3. The molecule has 1 aliphatic rings. The molecule has 26 heavy (non-hydrogen) atoms. The number of rotatable bonds is 7. The normalized spacial score (nSPS) is 16.3. The van der Waals surface area contributed by atoms with Gasteiger partial charge in [0.05, 0.1) is 11.9 Å². The van der Waals surface area contributed by atoms with Crippen molar-refractivity contribution in [3.8, 4) is 0 Å². The number of likely N-dealkylation sites (N-methyl/N-ethyl adjacent to an activating group) is 2. The van der Waals surface area contributed by atoms with Gasteiger partial charge in [-0.15, -0.1) is 0 Å². The fraction of sp³-hybridized carbons (Fsp3) is 0.529. The first-order valence-electron chi connectivity index (χ1n) is 8.61. The maximum Gasteiger partial charge on any atom is 0.279 e. The summed E-state index contributed by atoms with van der Waals surface area (Å²) in [6, 6.07) is 6.29. The predicted octanol–water partition coefficient (Wildman–Crippen LogP) is -0.987. The minimum atomic E-state index is -3.52. The van der Waals surface area contributed by atoms with Crippen LogP contribution in [-0.4, -0.2) is 76.8 Å². The first-order chi connectivity index (χ1) is 12.2. The molecule has 1 heterocycles. The Kier molecular flexibility index (Phi) is 6.74. The molecule has 0 saturated carbocycles. The molecule has 2 rings (SSSR count). The molecule has 0 spiro atoms. The molecule has 2 amide bonds. The number of anilines is 1. The van der Waals surface area contributed by atoms with Crippen LogP contribution in [0, 0.1) is 0 Å². The standard InChI is InChI=1S/C17H26N4O4S/c1-19(2)17(23)13-20(3)12-16(22)18-14-7-6-8-15(11-14)26(24,25)21-9-4-5-10-21/h6-8,11H,4-5,9-10,12-13H2,1-3H3,(H,18,22)/p+1. The van der Waals surface area contributed by atoms with Gasteiger partial charge in [-0.25, -0.2) is 8.42 Å². The van der Waals surface area contributed by atoms with E-state index in [0.29, 0.717) is 18.8 Å². The van der Waals surface area contributed by atoms with Crippen LogP contribution in [-0.2, 0) is 19.6 Å². The van der Waals surface area contributed by atoms with Gasteiger partial charge >= 0.3 is 0 Å². The summed E-state index contributed by atoms with van der Waals surface area (Å²) in [5, 5.41) is 2.71. The maximum absolute atomic E-state index is 12.6. The van der Waals surface area contributed by atoms with E-state index in [4.69, 9.17) is 0 Å². The van der Waals surface area contributed by atoms with E-state index in [1.54, 1.807) is 33.3 Å². The lowest BCUT2D eigenvalue weighted by Crippen LogP contribution is -3.11. The fourth-order valence-corrected chi connectivity index (χ4v) is 4.33. The zero-order valence-corrected chi connectivity index (χ0v) is 16.3. The highest BCUT2D eigenvalue weighted by Crippen LogP contribution is 2.22. The Morgan fingerprint density at radius 2 is 1.85 bits per heavy atom. The second kappa shape index (κ2) is 8.61. The van der Waals surface area contributed by atoms with Crippen molar-refractivity contribution < 1.29 is 22.9 Å². The summed E-state index contributed by atoms with van der Waals surface area (Å²) in [5.41, 5.74) is 0.432. The summed E-state index contributed by atoms with van der Waals surface area (Å²) in [7, 11) is 1.58. The quantitative estimate of drug-likeness (QED) is 0.633. The maximum atomic E-state index is 12.6. The molecule has 0 bridgehead atoms. The number of quaternary nitrogens is 1. The third-order valence-corrected chi connectivity index (χ3v) is 6.13. The van der Waals surface area contributed by atoms with E-state index in [2.05, 4.69) is 5.32 Å². The molecular formula is C17H27N4O4S+. The second-order valence-electron chi connectivity index (χ2n) is 6.79. The van der Waals surface area contributed by atoms with Crippen molar-refractivity contribution in [2.75, 3.05) is 52.6 Å². The highest BCUT2D eigenvalue weighted by Gasteiger charge is 2.27. The SMILES string of the molecule is CN(C)C(=O)C[NH+](C)CC(=O)Nc1cccc(S(=O)(=O)N2CCCC2)c1. The van der Waals surface area contributed by atoms with Crippen molar-refractivity contribution in [3.63, 3.8) is 0 Å². The minimum Gasteiger partial charge on any atom is -0.344 e. The zero-order chi connectivity index (χ0) is 19.3. The van der Waals surface area contributed by atoms with Crippen LogP contribution in [0.15, 0.2) is 29.2 Å². The van der Waals surface area contributed by atoms with Crippen LogP contribution in [0.2, 0.25) is 0 Å². The van der Waals surface area contributed by atoms with Crippen molar-refractivity contribution >= 4 is 27.5 Å². The van der Waals surface area contributed by atoms with E-state index < -0.39 is 10.0 Å². The molecule has 1 fully saturated rings. The van der Waals surface area contributed by atoms with Crippen LogP contribution in [0.1, 0.15) is 12.8 Å². The van der Waals surface area contributed by atoms with Crippen LogP contribution < -0.4 is 10.2 Å². The Morgan fingerprint density at radius 1 is 1.19 bits per heavy atom. The monoisotopic (exact) mass is 383 g/mol. The van der Waals surface area contributed by atoms with E-state index in [1.165, 1.54) is 21.3 Å². The molecule has 1 aromatic rings. The largest absolute Gasteiger partial charge is 0.344 e. The molecule has 1 atom stereocenters. The number of nitrogens with one attached hydrogen (secondary N) is 2. The molecule has 0 aromatic heterocycles. The van der Waals surface area contributed by atoms with Gasteiger partial charge in [-0.2, -0.15) is 4.31 Å². The summed E-state index contributed by atoms with van der Waals surface area (Å²) in [5.74, 6) is -0.334. The highest BCUT2D eigenvalue weighted by atomic mass is 32.2. The van der Waals surface area contributed by atoms with Crippen molar-refractivity contribution in [3.05, 3.63) is 24.3 Å². The van der Waals surface area contributed by atoms with E-state index >= 15 is 0 Å². The van der Waals surface area contributed by atoms with Gasteiger partial charge in [-0.1, -0.05) is 6.07 Å². The average Bonchev–Trinajstić information content (AvgIpc) is 3.09. The van der Waals surface area contributed by atoms with Crippen LogP contribution in [0.5, 0.6) is 0 Å². The lowest BCUT2D eigenvalue weighted by Gasteiger charge is -2.17. The average molecular weight is 383 g/mol. The Morgan fingerprint density at radius 3 is 2.46 bits per heavy atom. The number of amides is 2. The van der Waals surface area contributed by atoms with Crippen LogP contribution in [0.4, 0.5) is 5.69 Å². The van der Waals surface area contributed by atoms with Crippen LogP contribution in [0.25, 0.3) is 0 Å². The van der Waals surface area contributed by atoms with Crippen molar-refractivity contribution in [2.24, 2.45) is 0 Å². The van der Waals surface area contributed by atoms with Crippen molar-refractivity contribution in [1.82, 2.24) is 9.21 Å². The topological polar surface area (TPSA) is 91.2 Å². The van der Waals surface area contributed by atoms with E-state index in [0.717, 1.165) is 17.7 Å². The van der Waals surface area contributed by atoms with Gasteiger partial charge < -0.3 is 15.1 Å². The molecule has 9 heteroatoms. The number of carbonyl (C=O) groups excluding carboxylic acids is 2. The molecule has 0 radical (unpaired) electrons. The molecule has 1 aromatic carbocycles. The Bertz CT molecular complexity index is 758. The number of sulfonamides is 1. The molecule has 1 unspecified atom stereocenters. The molecule has 0 aliphatic carbocycles. The number of nitrogens with zero attached hydrogens (tertiary/aromatic N) is 2. The number of hydrogen-bond acceptors (Lipinski definition) is 4. The molecule has 2 N–H and O–H groups in total. The number of hydrogen-bond donors (Lipinski definition) is 2. The number of carbonyl (C=O) groups is 2. The van der Waals surface area contributed by atoms with Gasteiger partial charge in [-0.05, 0) is 31.0 Å². The lowest BCUT2D eigenvalue weighted by molar-refractivity contribution is -0.862.